The summed E-state index contributed by atoms with van der Waals surface area (Å²) in [5.74, 6) is 0.562. The smallest absolute Gasteiger partial charge is 0.0718 e. The van der Waals surface area contributed by atoms with Gasteiger partial charge in [-0.05, 0) is 17.7 Å². The average molecular weight is 328 g/mol. The van der Waals surface area contributed by atoms with Crippen molar-refractivity contribution in [3.05, 3.63) is 48.0 Å². The van der Waals surface area contributed by atoms with Crippen molar-refractivity contribution < 1.29 is 9.47 Å². The average Bonchev–Trinajstić information content (AvgIpc) is 3.23. The van der Waals surface area contributed by atoms with Gasteiger partial charge in [0.25, 0.3) is 0 Å². The molecule has 2 fully saturated rings. The fourth-order valence-electron chi connectivity index (χ4n) is 3.93. The molecule has 2 atom stereocenters. The van der Waals surface area contributed by atoms with E-state index in [0.29, 0.717) is 12.5 Å². The predicted molar refractivity (Wildman–Crippen MR) is 89.1 cm³/mol. The van der Waals surface area contributed by atoms with Crippen LogP contribution in [0.25, 0.3) is 0 Å². The van der Waals surface area contributed by atoms with E-state index in [1.54, 1.807) is 0 Å². The summed E-state index contributed by atoms with van der Waals surface area (Å²) >= 11 is 0. The minimum atomic E-state index is 0.134. The van der Waals surface area contributed by atoms with E-state index in [1.807, 2.05) is 42.5 Å². The Hall–Kier alpha value is -1.76. The maximum atomic E-state index is 6.06. The molecule has 6 heteroatoms. The van der Waals surface area contributed by atoms with Crippen molar-refractivity contribution in [2.24, 2.45) is 18.4 Å². The van der Waals surface area contributed by atoms with E-state index >= 15 is 0 Å². The number of hydrogen-bond acceptors (Lipinski definition) is 5. The fraction of sp³-hybridized carbons (Fsp3) is 0.556. The third kappa shape index (κ3) is 3.22. The lowest BCUT2D eigenvalue weighted by Gasteiger charge is -2.27. The van der Waals surface area contributed by atoms with Crippen LogP contribution in [0, 0.1) is 11.3 Å². The lowest BCUT2D eigenvalue weighted by molar-refractivity contribution is 0.0182. The van der Waals surface area contributed by atoms with Gasteiger partial charge in [-0.1, -0.05) is 0 Å². The number of fused-ring (bicyclic) bond motifs is 1. The number of rotatable bonds is 6. The summed E-state index contributed by atoms with van der Waals surface area (Å²) in [5.41, 5.74) is 2.57. The number of nitrogens with zero attached hydrogens (tertiary/aromatic N) is 4. The predicted octanol–water partition coefficient (Wildman–Crippen LogP) is 1.48. The van der Waals surface area contributed by atoms with Crippen molar-refractivity contribution in [3.8, 4) is 0 Å². The van der Waals surface area contributed by atoms with Crippen LogP contribution in [0.1, 0.15) is 11.1 Å². The van der Waals surface area contributed by atoms with Crippen LogP contribution in [-0.2, 0) is 29.7 Å². The van der Waals surface area contributed by atoms with Crippen molar-refractivity contribution in [2.45, 2.75) is 13.2 Å². The number of ether oxygens (including phenoxy) is 2. The highest BCUT2D eigenvalue weighted by Crippen LogP contribution is 2.42. The molecule has 0 aliphatic carbocycles. The first kappa shape index (κ1) is 15.7. The number of aryl methyl sites for hydroxylation is 1. The Morgan fingerprint density at radius 2 is 2.21 bits per heavy atom. The number of aromatic nitrogens is 3. The Morgan fingerprint density at radius 1 is 1.33 bits per heavy atom. The second kappa shape index (κ2) is 6.63. The number of pyridine rings is 1. The van der Waals surface area contributed by atoms with E-state index < -0.39 is 0 Å². The lowest BCUT2D eigenvalue weighted by atomic mass is 9.82. The molecule has 0 saturated carbocycles. The molecule has 128 valence electrons. The lowest BCUT2D eigenvalue weighted by Crippen LogP contribution is -2.35. The molecular weight excluding hydrogens is 304 g/mol. The highest BCUT2D eigenvalue weighted by Gasteiger charge is 2.50. The summed E-state index contributed by atoms with van der Waals surface area (Å²) in [6, 6.07) is 4.01. The van der Waals surface area contributed by atoms with Gasteiger partial charge in [-0.2, -0.15) is 5.10 Å². The van der Waals surface area contributed by atoms with Gasteiger partial charge < -0.3 is 9.47 Å². The fourth-order valence-corrected chi connectivity index (χ4v) is 3.93. The molecule has 0 aromatic carbocycles. The maximum absolute atomic E-state index is 6.06. The molecule has 4 heterocycles. The SMILES string of the molecule is Cn1cc(CN2C[C@@H]3COC[C@]3(COCc3ccncc3)C2)cn1. The molecule has 0 spiro atoms. The van der Waals surface area contributed by atoms with E-state index in [9.17, 15) is 0 Å². The quantitative estimate of drug-likeness (QED) is 0.804. The van der Waals surface area contributed by atoms with Crippen LogP contribution in [0.3, 0.4) is 0 Å². The van der Waals surface area contributed by atoms with E-state index in [0.717, 1.165) is 39.5 Å². The second-order valence-corrected chi connectivity index (χ2v) is 7.11. The van der Waals surface area contributed by atoms with E-state index in [1.165, 1.54) is 11.1 Å². The van der Waals surface area contributed by atoms with Gasteiger partial charge >= 0.3 is 0 Å². The molecule has 4 rings (SSSR count). The van der Waals surface area contributed by atoms with Gasteiger partial charge in [-0.15, -0.1) is 0 Å². The Labute approximate surface area is 142 Å². The Kier molecular flexibility index (Phi) is 4.35. The third-order valence-electron chi connectivity index (χ3n) is 5.16. The molecule has 24 heavy (non-hydrogen) atoms. The van der Waals surface area contributed by atoms with Crippen LogP contribution in [-0.4, -0.2) is 52.6 Å². The van der Waals surface area contributed by atoms with Gasteiger partial charge in [0, 0.05) is 62.2 Å². The zero-order chi connectivity index (χ0) is 16.4. The first-order valence-electron chi connectivity index (χ1n) is 8.48. The number of likely N-dealkylation sites (tertiary alicyclic amines) is 1. The summed E-state index contributed by atoms with van der Waals surface area (Å²) in [5, 5.41) is 4.27. The normalized spacial score (nSPS) is 26.8. The zero-order valence-electron chi connectivity index (χ0n) is 14.1. The second-order valence-electron chi connectivity index (χ2n) is 7.11. The molecule has 0 radical (unpaired) electrons. The molecule has 0 N–H and O–H groups in total. The molecule has 6 nitrogen and oxygen atoms in total. The first-order chi connectivity index (χ1) is 11.7. The summed E-state index contributed by atoms with van der Waals surface area (Å²) < 4.78 is 13.7. The standard InChI is InChI=1S/C18H24N4O2/c1-21-7-16(6-20-21)8-22-9-17-11-24-14-18(17,12-22)13-23-10-15-2-4-19-5-3-15/h2-7,17H,8-14H2,1H3/t17-,18-/m1/s1. The van der Waals surface area contributed by atoms with Crippen LogP contribution in [0.5, 0.6) is 0 Å². The van der Waals surface area contributed by atoms with Gasteiger partial charge in [-0.3, -0.25) is 14.6 Å². The Balaban J connectivity index is 1.36. The molecule has 0 bridgehead atoms. The summed E-state index contributed by atoms with van der Waals surface area (Å²) in [7, 11) is 1.96. The van der Waals surface area contributed by atoms with Crippen molar-refractivity contribution >= 4 is 0 Å². The molecule has 0 amide bonds. The van der Waals surface area contributed by atoms with Crippen LogP contribution < -0.4 is 0 Å². The van der Waals surface area contributed by atoms with Crippen molar-refractivity contribution in [1.29, 1.82) is 0 Å². The minimum Gasteiger partial charge on any atom is -0.380 e. The zero-order valence-corrected chi connectivity index (χ0v) is 14.1. The van der Waals surface area contributed by atoms with E-state index in [4.69, 9.17) is 9.47 Å². The summed E-state index contributed by atoms with van der Waals surface area (Å²) in [6.45, 7) is 6.11. The van der Waals surface area contributed by atoms with Crippen LogP contribution in [0.4, 0.5) is 0 Å². The highest BCUT2D eigenvalue weighted by molar-refractivity contribution is 5.09. The van der Waals surface area contributed by atoms with Crippen LogP contribution >= 0.6 is 0 Å². The van der Waals surface area contributed by atoms with Crippen molar-refractivity contribution in [1.82, 2.24) is 19.7 Å². The van der Waals surface area contributed by atoms with E-state index in [2.05, 4.69) is 21.2 Å². The van der Waals surface area contributed by atoms with Crippen LogP contribution in [0.15, 0.2) is 36.9 Å². The van der Waals surface area contributed by atoms with Gasteiger partial charge in [0.05, 0.1) is 32.6 Å². The Bertz CT molecular complexity index is 675. The highest BCUT2D eigenvalue weighted by atomic mass is 16.5. The topological polar surface area (TPSA) is 52.4 Å². The minimum absolute atomic E-state index is 0.134. The van der Waals surface area contributed by atoms with Crippen molar-refractivity contribution in [3.63, 3.8) is 0 Å². The molecular formula is C18H24N4O2. The van der Waals surface area contributed by atoms with Gasteiger partial charge in [0.15, 0.2) is 0 Å². The molecule has 2 saturated heterocycles. The first-order valence-corrected chi connectivity index (χ1v) is 8.48. The third-order valence-corrected chi connectivity index (χ3v) is 5.16. The maximum Gasteiger partial charge on any atom is 0.0718 e. The monoisotopic (exact) mass is 328 g/mol. The molecule has 2 aromatic heterocycles. The van der Waals surface area contributed by atoms with Gasteiger partial charge in [0.2, 0.25) is 0 Å². The molecule has 2 aliphatic rings. The van der Waals surface area contributed by atoms with Gasteiger partial charge in [0.1, 0.15) is 0 Å². The Morgan fingerprint density at radius 3 is 3.00 bits per heavy atom. The molecule has 2 aromatic rings. The van der Waals surface area contributed by atoms with E-state index in [-0.39, 0.29) is 5.41 Å². The van der Waals surface area contributed by atoms with Gasteiger partial charge in [-0.25, -0.2) is 0 Å². The number of hydrogen-bond donors (Lipinski definition) is 0. The van der Waals surface area contributed by atoms with Crippen molar-refractivity contribution in [2.75, 3.05) is 32.9 Å². The summed E-state index contributed by atoms with van der Waals surface area (Å²) in [4.78, 5) is 6.56. The summed E-state index contributed by atoms with van der Waals surface area (Å²) in [6.07, 6.45) is 7.67. The largest absolute Gasteiger partial charge is 0.380 e. The molecule has 2 aliphatic heterocycles. The van der Waals surface area contributed by atoms with Crippen LogP contribution in [0.2, 0.25) is 0 Å². The molecule has 0 unspecified atom stereocenters.